The average molecular weight is 287 g/mol. The van der Waals surface area contributed by atoms with Gasteiger partial charge in [0, 0.05) is 17.7 Å². The molecule has 1 amide bonds. The third-order valence-electron chi connectivity index (χ3n) is 3.68. The summed E-state index contributed by atoms with van der Waals surface area (Å²) in [7, 11) is 0. The first-order valence-electron chi connectivity index (χ1n) is 7.30. The first kappa shape index (κ1) is 13.8. The number of hydrogen-bond acceptors (Lipinski definition) is 4. The number of aromatic nitrogens is 5. The van der Waals surface area contributed by atoms with E-state index < -0.39 is 0 Å². The second-order valence-electron chi connectivity index (χ2n) is 5.26. The average Bonchev–Trinajstić information content (AvgIpc) is 3.19. The van der Waals surface area contributed by atoms with Crippen molar-refractivity contribution in [3.05, 3.63) is 30.1 Å². The lowest BCUT2D eigenvalue weighted by atomic mass is 10.0. The topological polar surface area (TPSA) is 88.5 Å². The van der Waals surface area contributed by atoms with Crippen LogP contribution in [-0.4, -0.2) is 31.1 Å². The number of carbonyl (C=O) groups excluding carboxylic acids is 1. The van der Waals surface area contributed by atoms with Crippen LogP contribution in [0.5, 0.6) is 0 Å². The second-order valence-corrected chi connectivity index (χ2v) is 5.26. The Morgan fingerprint density at radius 1 is 1.57 bits per heavy atom. The van der Waals surface area contributed by atoms with Crippen LogP contribution in [0, 0.1) is 6.42 Å². The lowest BCUT2D eigenvalue weighted by Gasteiger charge is -2.03. The van der Waals surface area contributed by atoms with Gasteiger partial charge in [-0.05, 0) is 32.6 Å². The largest absolute Gasteiger partial charge is 0.309 e. The molecule has 0 unspecified atom stereocenters. The van der Waals surface area contributed by atoms with Gasteiger partial charge in [0.1, 0.15) is 0 Å². The Kier molecular flexibility index (Phi) is 3.98. The van der Waals surface area contributed by atoms with Crippen LogP contribution in [0.1, 0.15) is 43.5 Å². The highest BCUT2D eigenvalue weighted by Gasteiger charge is 2.19. The number of carbonyl (C=O) groups is 1. The Bertz CT molecular complexity index is 611. The quantitative estimate of drug-likeness (QED) is 0.875. The molecule has 0 aliphatic heterocycles. The zero-order chi connectivity index (χ0) is 14.7. The van der Waals surface area contributed by atoms with Crippen molar-refractivity contribution in [2.45, 2.75) is 45.1 Å². The number of nitrogens with one attached hydrogen (secondary N) is 2. The van der Waals surface area contributed by atoms with Gasteiger partial charge in [0.25, 0.3) is 0 Å². The van der Waals surface area contributed by atoms with Gasteiger partial charge in [0.2, 0.25) is 5.91 Å². The monoisotopic (exact) mass is 287 g/mol. The summed E-state index contributed by atoms with van der Waals surface area (Å²) in [6.45, 7) is 2.65. The SMILES string of the molecule is CCn1ncc(CC(=O)Nc2cc([C@H]3C[CH]CC3)[nH]n2)n1. The fraction of sp³-hybridized carbons (Fsp3) is 0.500. The number of nitrogens with zero attached hydrogens (tertiary/aromatic N) is 4. The molecule has 1 aliphatic rings. The Hall–Kier alpha value is -2.18. The van der Waals surface area contributed by atoms with E-state index in [9.17, 15) is 4.79 Å². The van der Waals surface area contributed by atoms with Crippen LogP contribution in [0.25, 0.3) is 0 Å². The van der Waals surface area contributed by atoms with Gasteiger partial charge >= 0.3 is 0 Å². The molecule has 3 rings (SSSR count). The molecule has 0 bridgehead atoms. The van der Waals surface area contributed by atoms with Gasteiger partial charge < -0.3 is 5.32 Å². The summed E-state index contributed by atoms with van der Waals surface area (Å²) in [6, 6.07) is 1.92. The van der Waals surface area contributed by atoms with Gasteiger partial charge in [0.05, 0.1) is 24.9 Å². The third-order valence-corrected chi connectivity index (χ3v) is 3.68. The fourth-order valence-corrected chi connectivity index (χ4v) is 2.57. The van der Waals surface area contributed by atoms with Crippen LogP contribution in [0.4, 0.5) is 5.82 Å². The maximum atomic E-state index is 12.0. The van der Waals surface area contributed by atoms with E-state index in [0.29, 0.717) is 24.0 Å². The van der Waals surface area contributed by atoms with Gasteiger partial charge in [-0.15, -0.1) is 0 Å². The van der Waals surface area contributed by atoms with E-state index in [1.807, 2.05) is 13.0 Å². The molecule has 2 aromatic heterocycles. The van der Waals surface area contributed by atoms with Crippen molar-refractivity contribution < 1.29 is 4.79 Å². The summed E-state index contributed by atoms with van der Waals surface area (Å²) in [5, 5.41) is 18.2. The summed E-state index contributed by atoms with van der Waals surface area (Å²) in [6.07, 6.45) is 7.50. The zero-order valence-corrected chi connectivity index (χ0v) is 12.0. The molecule has 1 atom stereocenters. The molecule has 0 aromatic carbocycles. The molecule has 7 nitrogen and oxygen atoms in total. The summed E-state index contributed by atoms with van der Waals surface area (Å²) >= 11 is 0. The second kappa shape index (κ2) is 6.07. The molecule has 0 spiro atoms. The molecule has 1 saturated carbocycles. The number of hydrogen-bond donors (Lipinski definition) is 2. The standard InChI is InChI=1S/C14H19N6O/c1-2-20-15-9-11(19-20)7-14(21)16-13-8-12(17-18-13)10-5-3-4-6-10/h3,8-10H,2,4-7H2,1H3,(H2,16,17,18,21)/t10-/m0/s1. The Morgan fingerprint density at radius 2 is 2.48 bits per heavy atom. The van der Waals surface area contributed by atoms with Crippen molar-refractivity contribution >= 4 is 11.7 Å². The Labute approximate surface area is 123 Å². The first-order chi connectivity index (χ1) is 10.2. The minimum Gasteiger partial charge on any atom is -0.309 e. The summed E-state index contributed by atoms with van der Waals surface area (Å²) in [5.74, 6) is 0.951. The van der Waals surface area contributed by atoms with E-state index in [1.165, 1.54) is 0 Å². The lowest BCUT2D eigenvalue weighted by molar-refractivity contribution is -0.115. The van der Waals surface area contributed by atoms with Crippen molar-refractivity contribution in [1.82, 2.24) is 25.2 Å². The maximum absolute atomic E-state index is 12.0. The van der Waals surface area contributed by atoms with Crippen LogP contribution in [0.3, 0.4) is 0 Å². The molecule has 1 fully saturated rings. The number of H-pyrrole nitrogens is 1. The highest BCUT2D eigenvalue weighted by molar-refractivity contribution is 5.91. The number of aryl methyl sites for hydroxylation is 1. The Morgan fingerprint density at radius 3 is 3.19 bits per heavy atom. The van der Waals surface area contributed by atoms with Crippen LogP contribution < -0.4 is 5.32 Å². The van der Waals surface area contributed by atoms with E-state index in [2.05, 4.69) is 32.1 Å². The van der Waals surface area contributed by atoms with Crippen molar-refractivity contribution in [1.29, 1.82) is 0 Å². The fourth-order valence-electron chi connectivity index (χ4n) is 2.57. The van der Waals surface area contributed by atoms with Gasteiger partial charge in [-0.25, -0.2) is 0 Å². The summed E-state index contributed by atoms with van der Waals surface area (Å²) in [4.78, 5) is 13.5. The van der Waals surface area contributed by atoms with Crippen molar-refractivity contribution in [2.75, 3.05) is 5.32 Å². The van der Waals surface area contributed by atoms with Gasteiger partial charge in [-0.1, -0.05) is 0 Å². The number of anilines is 1. The molecule has 2 aromatic rings. The predicted molar refractivity (Wildman–Crippen MR) is 77.5 cm³/mol. The third kappa shape index (κ3) is 3.29. The number of amides is 1. The lowest BCUT2D eigenvalue weighted by Crippen LogP contribution is -2.15. The van der Waals surface area contributed by atoms with E-state index in [-0.39, 0.29) is 12.3 Å². The van der Waals surface area contributed by atoms with E-state index >= 15 is 0 Å². The van der Waals surface area contributed by atoms with Crippen LogP contribution in [0.2, 0.25) is 0 Å². The molecule has 111 valence electrons. The minimum absolute atomic E-state index is 0.130. The molecular weight excluding hydrogens is 268 g/mol. The van der Waals surface area contributed by atoms with Crippen LogP contribution >= 0.6 is 0 Å². The highest BCUT2D eigenvalue weighted by Crippen LogP contribution is 2.32. The van der Waals surface area contributed by atoms with Crippen molar-refractivity contribution in [2.24, 2.45) is 0 Å². The number of rotatable bonds is 5. The molecule has 1 radical (unpaired) electrons. The normalized spacial score (nSPS) is 15.5. The zero-order valence-electron chi connectivity index (χ0n) is 12.0. The van der Waals surface area contributed by atoms with E-state index in [0.717, 1.165) is 25.0 Å². The van der Waals surface area contributed by atoms with E-state index in [1.54, 1.807) is 11.0 Å². The van der Waals surface area contributed by atoms with Gasteiger partial charge in [0.15, 0.2) is 5.82 Å². The molecule has 0 saturated heterocycles. The highest BCUT2D eigenvalue weighted by atomic mass is 16.1. The van der Waals surface area contributed by atoms with Crippen molar-refractivity contribution in [3.8, 4) is 0 Å². The van der Waals surface area contributed by atoms with E-state index in [4.69, 9.17) is 0 Å². The minimum atomic E-state index is -0.130. The molecule has 2 N–H and O–H groups in total. The summed E-state index contributed by atoms with van der Waals surface area (Å²) in [5.41, 5.74) is 1.76. The maximum Gasteiger partial charge on any atom is 0.231 e. The summed E-state index contributed by atoms with van der Waals surface area (Å²) < 4.78 is 0. The first-order valence-corrected chi connectivity index (χ1v) is 7.30. The molecular formula is C14H19N6O. The molecule has 21 heavy (non-hydrogen) atoms. The molecule has 2 heterocycles. The Balaban J connectivity index is 1.57. The molecule has 7 heteroatoms. The van der Waals surface area contributed by atoms with Gasteiger partial charge in [-0.3, -0.25) is 9.89 Å². The van der Waals surface area contributed by atoms with Crippen LogP contribution in [-0.2, 0) is 17.8 Å². The molecule has 1 aliphatic carbocycles. The smallest absolute Gasteiger partial charge is 0.231 e. The van der Waals surface area contributed by atoms with Gasteiger partial charge in [-0.2, -0.15) is 20.1 Å². The van der Waals surface area contributed by atoms with Crippen molar-refractivity contribution in [3.63, 3.8) is 0 Å². The van der Waals surface area contributed by atoms with Crippen LogP contribution in [0.15, 0.2) is 12.3 Å². The predicted octanol–water partition coefficient (Wildman–Crippen LogP) is 1.67. The number of aromatic amines is 1.